The Bertz CT molecular complexity index is 542. The van der Waals surface area contributed by atoms with Gasteiger partial charge < -0.3 is 10.4 Å². The summed E-state index contributed by atoms with van der Waals surface area (Å²) in [6, 6.07) is 5.03. The first kappa shape index (κ1) is 12.2. The Labute approximate surface area is 111 Å². The van der Waals surface area contributed by atoms with Crippen LogP contribution in [-0.2, 0) is 4.79 Å². The lowest BCUT2D eigenvalue weighted by atomic mass is 10.1. The van der Waals surface area contributed by atoms with Crippen molar-refractivity contribution in [2.75, 3.05) is 5.32 Å². The molecule has 1 aromatic rings. The molecule has 0 bridgehead atoms. The summed E-state index contributed by atoms with van der Waals surface area (Å²) in [7, 11) is 0. The fraction of sp³-hybridized carbons (Fsp3) is 0.467. The van der Waals surface area contributed by atoms with Gasteiger partial charge in [0.25, 0.3) is 0 Å². The van der Waals surface area contributed by atoms with E-state index in [0.717, 1.165) is 12.8 Å². The average Bonchev–Trinajstić information content (AvgIpc) is 2.85. The Morgan fingerprint density at radius 3 is 2.58 bits per heavy atom. The third-order valence-electron chi connectivity index (χ3n) is 4.44. The van der Waals surface area contributed by atoms with Crippen LogP contribution in [-0.4, -0.2) is 17.0 Å². The van der Waals surface area contributed by atoms with Crippen LogP contribution in [0.1, 0.15) is 35.2 Å². The minimum atomic E-state index is -0.961. The lowest BCUT2D eigenvalue weighted by molar-refractivity contribution is -0.118. The first-order chi connectivity index (χ1) is 9.08. The quantitative estimate of drug-likeness (QED) is 0.877. The topological polar surface area (TPSA) is 66.4 Å². The van der Waals surface area contributed by atoms with Crippen LogP contribution in [0.3, 0.4) is 0 Å². The highest BCUT2D eigenvalue weighted by atomic mass is 16.4. The monoisotopic (exact) mass is 259 g/mol. The summed E-state index contributed by atoms with van der Waals surface area (Å²) in [5, 5.41) is 11.9. The van der Waals surface area contributed by atoms with Crippen molar-refractivity contribution < 1.29 is 14.7 Å². The van der Waals surface area contributed by atoms with E-state index in [1.807, 2.05) is 0 Å². The van der Waals surface area contributed by atoms with Crippen molar-refractivity contribution >= 4 is 17.6 Å². The number of nitrogens with one attached hydrogen (secondary N) is 1. The van der Waals surface area contributed by atoms with Crippen LogP contribution in [0.2, 0.25) is 0 Å². The number of fused-ring (bicyclic) bond motifs is 1. The molecule has 0 aliphatic heterocycles. The van der Waals surface area contributed by atoms with Crippen LogP contribution in [0, 0.1) is 24.7 Å². The number of carboxylic acids is 1. The van der Waals surface area contributed by atoms with Crippen LogP contribution in [0.15, 0.2) is 18.2 Å². The Hall–Kier alpha value is -1.84. The largest absolute Gasteiger partial charge is 0.478 e. The molecule has 0 unspecified atom stereocenters. The summed E-state index contributed by atoms with van der Waals surface area (Å²) in [5.74, 6) is 0.392. The number of anilines is 1. The molecular weight excluding hydrogens is 242 g/mol. The molecule has 2 saturated carbocycles. The van der Waals surface area contributed by atoms with Crippen LogP contribution in [0.25, 0.3) is 0 Å². The first-order valence-corrected chi connectivity index (χ1v) is 6.73. The minimum absolute atomic E-state index is 0.0508. The number of amides is 1. The van der Waals surface area contributed by atoms with E-state index >= 15 is 0 Å². The Kier molecular flexibility index (Phi) is 2.81. The predicted molar refractivity (Wildman–Crippen MR) is 71.1 cm³/mol. The molecule has 2 N–H and O–H groups in total. The van der Waals surface area contributed by atoms with Gasteiger partial charge in [-0.15, -0.1) is 0 Å². The van der Waals surface area contributed by atoms with E-state index in [0.29, 0.717) is 23.1 Å². The molecule has 4 heteroatoms. The minimum Gasteiger partial charge on any atom is -0.478 e. The van der Waals surface area contributed by atoms with Gasteiger partial charge in [-0.1, -0.05) is 12.5 Å². The van der Waals surface area contributed by atoms with Gasteiger partial charge in [0, 0.05) is 11.6 Å². The van der Waals surface area contributed by atoms with Crippen molar-refractivity contribution in [2.24, 2.45) is 17.8 Å². The molecule has 2 aliphatic rings. The lowest BCUT2D eigenvalue weighted by Crippen LogP contribution is -2.17. The zero-order valence-electron chi connectivity index (χ0n) is 10.8. The van der Waals surface area contributed by atoms with Gasteiger partial charge in [-0.05, 0) is 49.3 Å². The highest BCUT2D eigenvalue weighted by molar-refractivity contribution is 5.97. The summed E-state index contributed by atoms with van der Waals surface area (Å²) in [4.78, 5) is 23.1. The van der Waals surface area contributed by atoms with E-state index in [-0.39, 0.29) is 17.4 Å². The number of hydrogen-bond donors (Lipinski definition) is 2. The summed E-state index contributed by atoms with van der Waals surface area (Å²) in [6.45, 7) is 1.75. The Balaban J connectivity index is 1.71. The molecule has 1 amide bonds. The van der Waals surface area contributed by atoms with Crippen molar-refractivity contribution in [1.82, 2.24) is 0 Å². The van der Waals surface area contributed by atoms with E-state index in [1.165, 1.54) is 12.5 Å². The summed E-state index contributed by atoms with van der Waals surface area (Å²) >= 11 is 0. The normalized spacial score (nSPS) is 27.7. The number of carbonyl (C=O) groups is 2. The van der Waals surface area contributed by atoms with Crippen molar-refractivity contribution in [3.8, 4) is 0 Å². The Morgan fingerprint density at radius 1 is 1.26 bits per heavy atom. The van der Waals surface area contributed by atoms with Crippen LogP contribution < -0.4 is 5.32 Å². The second-order valence-corrected chi connectivity index (χ2v) is 5.61. The molecule has 2 fully saturated rings. The zero-order valence-corrected chi connectivity index (χ0v) is 10.8. The first-order valence-electron chi connectivity index (χ1n) is 6.73. The number of aryl methyl sites for hydroxylation is 1. The molecule has 2 atom stereocenters. The zero-order chi connectivity index (χ0) is 13.6. The summed E-state index contributed by atoms with van der Waals surface area (Å²) < 4.78 is 0. The SMILES string of the molecule is Cc1ccc(NC(=O)C2[C@@H]3CCC[C@@H]23)cc1C(=O)O. The summed E-state index contributed by atoms with van der Waals surface area (Å²) in [6.07, 6.45) is 3.57. The third kappa shape index (κ3) is 2.11. The molecule has 2 aliphatic carbocycles. The van der Waals surface area contributed by atoms with Gasteiger partial charge in [-0.25, -0.2) is 4.79 Å². The predicted octanol–water partition coefficient (Wildman–Crippen LogP) is 2.68. The maximum atomic E-state index is 12.1. The van der Waals surface area contributed by atoms with Crippen molar-refractivity contribution in [3.05, 3.63) is 29.3 Å². The molecule has 100 valence electrons. The molecule has 0 saturated heterocycles. The van der Waals surface area contributed by atoms with Gasteiger partial charge in [-0.3, -0.25) is 4.79 Å². The van der Waals surface area contributed by atoms with Crippen LogP contribution >= 0.6 is 0 Å². The number of rotatable bonds is 3. The van der Waals surface area contributed by atoms with Gasteiger partial charge in [0.15, 0.2) is 0 Å². The molecule has 4 nitrogen and oxygen atoms in total. The highest BCUT2D eigenvalue weighted by Crippen LogP contribution is 2.57. The van der Waals surface area contributed by atoms with Gasteiger partial charge in [0.05, 0.1) is 5.56 Å². The molecule has 0 spiro atoms. The van der Waals surface area contributed by atoms with Gasteiger partial charge in [-0.2, -0.15) is 0 Å². The molecule has 0 radical (unpaired) electrons. The van der Waals surface area contributed by atoms with Crippen LogP contribution in [0.5, 0.6) is 0 Å². The highest BCUT2D eigenvalue weighted by Gasteiger charge is 2.56. The lowest BCUT2D eigenvalue weighted by Gasteiger charge is -2.08. The van der Waals surface area contributed by atoms with Gasteiger partial charge >= 0.3 is 5.97 Å². The fourth-order valence-corrected chi connectivity index (χ4v) is 3.37. The Morgan fingerprint density at radius 2 is 1.95 bits per heavy atom. The van der Waals surface area contributed by atoms with Crippen molar-refractivity contribution in [2.45, 2.75) is 26.2 Å². The second-order valence-electron chi connectivity index (χ2n) is 5.61. The van der Waals surface area contributed by atoms with Crippen molar-refractivity contribution in [3.63, 3.8) is 0 Å². The van der Waals surface area contributed by atoms with E-state index in [4.69, 9.17) is 5.11 Å². The maximum Gasteiger partial charge on any atom is 0.336 e. The summed E-state index contributed by atoms with van der Waals surface area (Å²) in [5.41, 5.74) is 1.53. The number of hydrogen-bond acceptors (Lipinski definition) is 2. The smallest absolute Gasteiger partial charge is 0.336 e. The van der Waals surface area contributed by atoms with Crippen molar-refractivity contribution in [1.29, 1.82) is 0 Å². The number of aromatic carboxylic acids is 1. The van der Waals surface area contributed by atoms with Gasteiger partial charge in [0.1, 0.15) is 0 Å². The number of benzene rings is 1. The number of carbonyl (C=O) groups excluding carboxylic acids is 1. The fourth-order valence-electron chi connectivity index (χ4n) is 3.37. The molecule has 3 rings (SSSR count). The van der Waals surface area contributed by atoms with E-state index in [2.05, 4.69) is 5.32 Å². The van der Waals surface area contributed by atoms with E-state index in [9.17, 15) is 9.59 Å². The standard InChI is InChI=1S/C15H17NO3/c1-8-5-6-9(7-12(8)15(18)19)16-14(17)13-10-3-2-4-11(10)13/h5-7,10-11,13H,2-4H2,1H3,(H,16,17)(H,18,19)/t10-,11-/m1/s1. The molecular formula is C15H17NO3. The van der Waals surface area contributed by atoms with E-state index in [1.54, 1.807) is 19.1 Å². The average molecular weight is 259 g/mol. The maximum absolute atomic E-state index is 12.1. The van der Waals surface area contributed by atoms with Gasteiger partial charge in [0.2, 0.25) is 5.91 Å². The molecule has 19 heavy (non-hydrogen) atoms. The third-order valence-corrected chi connectivity index (χ3v) is 4.44. The molecule has 0 heterocycles. The van der Waals surface area contributed by atoms with E-state index < -0.39 is 5.97 Å². The molecule has 1 aromatic carbocycles. The molecule has 0 aromatic heterocycles. The van der Waals surface area contributed by atoms with Crippen LogP contribution in [0.4, 0.5) is 5.69 Å². The number of carboxylic acid groups (broad SMARTS) is 1. The second kappa shape index (κ2) is 4.37.